The fourth-order valence-corrected chi connectivity index (χ4v) is 4.47. The Morgan fingerprint density at radius 1 is 1.32 bits per heavy atom. The third-order valence-electron chi connectivity index (χ3n) is 3.92. The molecule has 1 heterocycles. The van der Waals surface area contributed by atoms with Crippen molar-refractivity contribution in [1.82, 2.24) is 5.32 Å². The van der Waals surface area contributed by atoms with Crippen LogP contribution in [0.1, 0.15) is 25.3 Å². The standard InChI is InChI=1S/C17H23NO3S/c1-14(7-8-15-5-3-2-4-6-15)11-17(19)18-12-16-9-10-22(20,21)13-16/h2-6,11,16H,7-10,12-13H2,1H3,(H,18,19)/b14-11-/t16-/m0/s1. The first-order chi connectivity index (χ1) is 10.4. The van der Waals surface area contributed by atoms with Gasteiger partial charge >= 0.3 is 0 Å². The fraction of sp³-hybridized carbons (Fsp3) is 0.471. The van der Waals surface area contributed by atoms with Gasteiger partial charge in [-0.05, 0) is 37.7 Å². The van der Waals surface area contributed by atoms with Gasteiger partial charge in [-0.2, -0.15) is 0 Å². The molecule has 4 nitrogen and oxygen atoms in total. The van der Waals surface area contributed by atoms with E-state index in [9.17, 15) is 13.2 Å². The molecule has 1 aromatic carbocycles. The van der Waals surface area contributed by atoms with E-state index in [1.54, 1.807) is 6.08 Å². The average molecular weight is 321 g/mol. The Balaban J connectivity index is 1.73. The third-order valence-corrected chi connectivity index (χ3v) is 5.76. The lowest BCUT2D eigenvalue weighted by Crippen LogP contribution is -2.28. The van der Waals surface area contributed by atoms with Crippen LogP contribution in [0.4, 0.5) is 0 Å². The van der Waals surface area contributed by atoms with Crippen LogP contribution in [0, 0.1) is 5.92 Å². The molecule has 1 atom stereocenters. The Bertz CT molecular complexity index is 635. The van der Waals surface area contributed by atoms with Gasteiger partial charge in [-0.25, -0.2) is 8.42 Å². The fourth-order valence-electron chi connectivity index (χ4n) is 2.61. The Morgan fingerprint density at radius 3 is 2.68 bits per heavy atom. The van der Waals surface area contributed by atoms with Gasteiger partial charge in [0.05, 0.1) is 11.5 Å². The van der Waals surface area contributed by atoms with Crippen molar-refractivity contribution in [3.05, 3.63) is 47.5 Å². The minimum Gasteiger partial charge on any atom is -0.352 e. The van der Waals surface area contributed by atoms with E-state index in [4.69, 9.17) is 0 Å². The normalized spacial score (nSPS) is 20.8. The lowest BCUT2D eigenvalue weighted by molar-refractivity contribution is -0.116. The van der Waals surface area contributed by atoms with Crippen LogP contribution in [0.15, 0.2) is 42.0 Å². The summed E-state index contributed by atoms with van der Waals surface area (Å²) in [5, 5.41) is 2.81. The summed E-state index contributed by atoms with van der Waals surface area (Å²) in [5.74, 6) is 0.380. The van der Waals surface area contributed by atoms with E-state index in [2.05, 4.69) is 17.4 Å². The molecule has 1 aliphatic rings. The first-order valence-electron chi connectivity index (χ1n) is 7.64. The number of carbonyl (C=O) groups excluding carboxylic acids is 1. The molecule has 0 saturated carbocycles. The number of hydrogen-bond acceptors (Lipinski definition) is 3. The number of benzene rings is 1. The summed E-state index contributed by atoms with van der Waals surface area (Å²) in [6.07, 6.45) is 4.03. The molecule has 1 fully saturated rings. The van der Waals surface area contributed by atoms with E-state index >= 15 is 0 Å². The quantitative estimate of drug-likeness (QED) is 0.816. The first-order valence-corrected chi connectivity index (χ1v) is 9.46. The zero-order valence-electron chi connectivity index (χ0n) is 12.9. The highest BCUT2D eigenvalue weighted by Gasteiger charge is 2.27. The number of sulfone groups is 1. The summed E-state index contributed by atoms with van der Waals surface area (Å²) in [6.45, 7) is 2.39. The third kappa shape index (κ3) is 5.64. The molecule has 0 aromatic heterocycles. The Morgan fingerprint density at radius 2 is 2.05 bits per heavy atom. The summed E-state index contributed by atoms with van der Waals surface area (Å²) < 4.78 is 22.7. The molecule has 0 unspecified atom stereocenters. The van der Waals surface area contributed by atoms with Crippen molar-refractivity contribution in [3.8, 4) is 0 Å². The molecule has 2 rings (SSSR count). The van der Waals surface area contributed by atoms with Crippen LogP contribution < -0.4 is 5.32 Å². The van der Waals surface area contributed by atoms with Crippen molar-refractivity contribution in [1.29, 1.82) is 0 Å². The monoisotopic (exact) mass is 321 g/mol. The highest BCUT2D eigenvalue weighted by atomic mass is 32.2. The van der Waals surface area contributed by atoms with Crippen molar-refractivity contribution in [2.45, 2.75) is 26.2 Å². The number of aryl methyl sites for hydroxylation is 1. The maximum atomic E-state index is 11.8. The number of nitrogens with one attached hydrogen (secondary N) is 1. The second kappa shape index (κ2) is 7.58. The van der Waals surface area contributed by atoms with Gasteiger partial charge in [-0.1, -0.05) is 35.9 Å². The molecule has 1 N–H and O–H groups in total. The summed E-state index contributed by atoms with van der Waals surface area (Å²) >= 11 is 0. The summed E-state index contributed by atoms with van der Waals surface area (Å²) in [4.78, 5) is 11.8. The van der Waals surface area contributed by atoms with Crippen LogP contribution in [0.3, 0.4) is 0 Å². The summed E-state index contributed by atoms with van der Waals surface area (Å²) in [5.41, 5.74) is 2.28. The molecule has 22 heavy (non-hydrogen) atoms. The van der Waals surface area contributed by atoms with Crippen LogP contribution in [0.2, 0.25) is 0 Å². The lowest BCUT2D eigenvalue weighted by atomic mass is 10.1. The number of allylic oxidation sites excluding steroid dienone is 1. The van der Waals surface area contributed by atoms with Crippen molar-refractivity contribution >= 4 is 15.7 Å². The zero-order chi connectivity index (χ0) is 16.0. The first kappa shape index (κ1) is 16.7. The number of rotatable bonds is 6. The number of carbonyl (C=O) groups is 1. The predicted molar refractivity (Wildman–Crippen MR) is 88.3 cm³/mol. The second-order valence-electron chi connectivity index (χ2n) is 5.99. The Kier molecular flexibility index (Phi) is 5.77. The SMILES string of the molecule is C/C(=C/C(=O)NC[C@@H]1CCS(=O)(=O)C1)CCc1ccccc1. The molecule has 1 saturated heterocycles. The van der Waals surface area contributed by atoms with Crippen molar-refractivity contribution < 1.29 is 13.2 Å². The molecular formula is C17H23NO3S. The average Bonchev–Trinajstić information content (AvgIpc) is 2.83. The lowest BCUT2D eigenvalue weighted by Gasteiger charge is -2.08. The zero-order valence-corrected chi connectivity index (χ0v) is 13.7. The molecule has 1 aromatic rings. The molecular weight excluding hydrogens is 298 g/mol. The van der Waals surface area contributed by atoms with E-state index < -0.39 is 9.84 Å². The number of hydrogen-bond donors (Lipinski definition) is 1. The molecule has 0 bridgehead atoms. The van der Waals surface area contributed by atoms with Gasteiger partial charge in [0.1, 0.15) is 0 Å². The van der Waals surface area contributed by atoms with E-state index in [1.165, 1.54) is 5.56 Å². The minimum atomic E-state index is -2.87. The van der Waals surface area contributed by atoms with E-state index in [0.717, 1.165) is 18.4 Å². The summed E-state index contributed by atoms with van der Waals surface area (Å²) in [7, 11) is -2.87. The van der Waals surface area contributed by atoms with Crippen LogP contribution in [0.5, 0.6) is 0 Å². The van der Waals surface area contributed by atoms with Crippen LogP contribution in [0.25, 0.3) is 0 Å². The van der Waals surface area contributed by atoms with E-state index in [0.29, 0.717) is 13.0 Å². The second-order valence-corrected chi connectivity index (χ2v) is 8.22. The highest BCUT2D eigenvalue weighted by molar-refractivity contribution is 7.91. The minimum absolute atomic E-state index is 0.0620. The highest BCUT2D eigenvalue weighted by Crippen LogP contribution is 2.17. The van der Waals surface area contributed by atoms with Gasteiger partial charge in [0.2, 0.25) is 5.91 Å². The van der Waals surface area contributed by atoms with Gasteiger partial charge in [-0.3, -0.25) is 4.79 Å². The Labute approximate surface area is 132 Å². The van der Waals surface area contributed by atoms with E-state index in [-0.39, 0.29) is 23.3 Å². The Hall–Kier alpha value is -1.62. The van der Waals surface area contributed by atoms with Crippen molar-refractivity contribution in [2.75, 3.05) is 18.1 Å². The smallest absolute Gasteiger partial charge is 0.243 e. The molecule has 120 valence electrons. The van der Waals surface area contributed by atoms with Gasteiger partial charge in [0.15, 0.2) is 9.84 Å². The molecule has 0 aliphatic carbocycles. The molecule has 0 radical (unpaired) electrons. The van der Waals surface area contributed by atoms with Crippen molar-refractivity contribution in [3.63, 3.8) is 0 Å². The molecule has 5 heteroatoms. The van der Waals surface area contributed by atoms with Gasteiger partial charge in [0, 0.05) is 12.6 Å². The van der Waals surface area contributed by atoms with Crippen LogP contribution >= 0.6 is 0 Å². The largest absolute Gasteiger partial charge is 0.352 e. The summed E-state index contributed by atoms with van der Waals surface area (Å²) in [6, 6.07) is 10.2. The predicted octanol–water partition coefficient (Wildman–Crippen LogP) is 2.12. The van der Waals surface area contributed by atoms with E-state index in [1.807, 2.05) is 25.1 Å². The maximum Gasteiger partial charge on any atom is 0.243 e. The molecule has 0 spiro atoms. The molecule has 1 amide bonds. The van der Waals surface area contributed by atoms with Crippen LogP contribution in [-0.2, 0) is 21.1 Å². The van der Waals surface area contributed by atoms with Gasteiger partial charge in [-0.15, -0.1) is 0 Å². The molecule has 1 aliphatic heterocycles. The number of amides is 1. The van der Waals surface area contributed by atoms with Gasteiger partial charge in [0.25, 0.3) is 0 Å². The van der Waals surface area contributed by atoms with Crippen molar-refractivity contribution in [2.24, 2.45) is 5.92 Å². The topological polar surface area (TPSA) is 63.2 Å². The maximum absolute atomic E-state index is 11.8. The van der Waals surface area contributed by atoms with Gasteiger partial charge < -0.3 is 5.32 Å². The van der Waals surface area contributed by atoms with Crippen LogP contribution in [-0.4, -0.2) is 32.4 Å².